The minimum Gasteiger partial charge on any atom is -0.316 e. The van der Waals surface area contributed by atoms with E-state index < -0.39 is 0 Å². The number of halogens is 1. The molecule has 1 aromatic heterocycles. The Bertz CT molecular complexity index is 802. The number of rotatable bonds is 4. The van der Waals surface area contributed by atoms with Crippen molar-refractivity contribution in [3.8, 4) is 11.3 Å². The third-order valence-corrected chi connectivity index (χ3v) is 6.51. The van der Waals surface area contributed by atoms with E-state index in [1.165, 1.54) is 38.2 Å². The zero-order valence-electron chi connectivity index (χ0n) is 15.0. The first kappa shape index (κ1) is 16.3. The Morgan fingerprint density at radius 2 is 2.12 bits per heavy atom. The number of piperidine rings is 2. The normalized spacial score (nSPS) is 28.9. The van der Waals surface area contributed by atoms with E-state index in [0.29, 0.717) is 11.3 Å². The lowest BCUT2D eigenvalue weighted by Crippen LogP contribution is -2.39. The summed E-state index contributed by atoms with van der Waals surface area (Å²) < 4.78 is 13.5. The molecule has 4 nitrogen and oxygen atoms in total. The summed E-state index contributed by atoms with van der Waals surface area (Å²) in [5, 5.41) is 3.54. The van der Waals surface area contributed by atoms with E-state index in [1.807, 2.05) is 18.3 Å². The van der Waals surface area contributed by atoms with E-state index in [4.69, 9.17) is 4.98 Å². The molecule has 1 aliphatic carbocycles. The molecular weight excluding hydrogens is 327 g/mol. The summed E-state index contributed by atoms with van der Waals surface area (Å²) >= 11 is 0. The molecule has 1 saturated carbocycles. The quantitative estimate of drug-likeness (QED) is 0.918. The van der Waals surface area contributed by atoms with Gasteiger partial charge in [-0.3, -0.25) is 0 Å². The van der Waals surface area contributed by atoms with E-state index in [0.717, 1.165) is 48.9 Å². The third-order valence-electron chi connectivity index (χ3n) is 6.51. The molecule has 3 heterocycles. The van der Waals surface area contributed by atoms with E-state index in [2.05, 4.69) is 15.2 Å². The predicted octanol–water partition coefficient (Wildman–Crippen LogP) is 3.07. The number of nitrogens with zero attached hydrogens (tertiary/aromatic N) is 3. The minimum atomic E-state index is -0.227. The number of aromatic nitrogens is 2. The van der Waals surface area contributed by atoms with E-state index in [9.17, 15) is 4.39 Å². The van der Waals surface area contributed by atoms with Gasteiger partial charge in [0, 0.05) is 30.8 Å². The van der Waals surface area contributed by atoms with Gasteiger partial charge < -0.3 is 10.2 Å². The first-order chi connectivity index (χ1) is 12.7. The highest BCUT2D eigenvalue weighted by molar-refractivity contribution is 5.58. The molecule has 2 aromatic rings. The van der Waals surface area contributed by atoms with Gasteiger partial charge in [0.15, 0.2) is 0 Å². The highest BCUT2D eigenvalue weighted by Crippen LogP contribution is 2.55. The third kappa shape index (κ3) is 3.03. The van der Waals surface area contributed by atoms with Crippen LogP contribution in [0.25, 0.3) is 11.3 Å². The van der Waals surface area contributed by atoms with Crippen LogP contribution in [0.15, 0.2) is 36.5 Å². The molecule has 3 fully saturated rings. The number of benzene rings is 1. The van der Waals surface area contributed by atoms with Crippen molar-refractivity contribution in [1.82, 2.24) is 20.2 Å². The molecule has 5 heteroatoms. The second kappa shape index (κ2) is 6.39. The van der Waals surface area contributed by atoms with Crippen molar-refractivity contribution in [2.75, 3.05) is 32.7 Å². The Kier molecular flexibility index (Phi) is 4.02. The van der Waals surface area contributed by atoms with Gasteiger partial charge in [0.05, 0.1) is 5.69 Å². The van der Waals surface area contributed by atoms with E-state index in [1.54, 1.807) is 6.07 Å². The summed E-state index contributed by atoms with van der Waals surface area (Å²) in [6, 6.07) is 8.50. The molecule has 2 aliphatic heterocycles. The molecule has 1 aromatic carbocycles. The molecular formula is C21H25FN4. The Morgan fingerprint density at radius 3 is 2.85 bits per heavy atom. The molecule has 0 amide bonds. The Labute approximate surface area is 153 Å². The zero-order chi connectivity index (χ0) is 17.6. The molecule has 2 unspecified atom stereocenters. The fourth-order valence-electron chi connectivity index (χ4n) is 4.86. The largest absolute Gasteiger partial charge is 0.316 e. The number of nitrogens with one attached hydrogen (secondary N) is 1. The summed E-state index contributed by atoms with van der Waals surface area (Å²) in [6.07, 6.45) is 5.45. The molecule has 26 heavy (non-hydrogen) atoms. The van der Waals surface area contributed by atoms with Gasteiger partial charge in [-0.05, 0) is 68.4 Å². The fourth-order valence-corrected chi connectivity index (χ4v) is 4.86. The van der Waals surface area contributed by atoms with Gasteiger partial charge in [-0.15, -0.1) is 0 Å². The van der Waals surface area contributed by atoms with Crippen LogP contribution in [-0.4, -0.2) is 47.6 Å². The summed E-state index contributed by atoms with van der Waals surface area (Å²) in [7, 11) is 0. The molecule has 0 bridgehead atoms. The number of likely N-dealkylation sites (tertiary alicyclic amines) is 1. The lowest BCUT2D eigenvalue weighted by atomic mass is 9.94. The number of fused-ring (bicyclic) bond motifs is 1. The predicted molar refractivity (Wildman–Crippen MR) is 99.3 cm³/mol. The van der Waals surface area contributed by atoms with Crippen LogP contribution in [0.1, 0.15) is 31.0 Å². The minimum absolute atomic E-state index is 0.227. The van der Waals surface area contributed by atoms with Gasteiger partial charge in [0.25, 0.3) is 0 Å². The monoisotopic (exact) mass is 352 g/mol. The van der Waals surface area contributed by atoms with E-state index >= 15 is 0 Å². The highest BCUT2D eigenvalue weighted by atomic mass is 19.1. The SMILES string of the molecule is Fc1cccc(-c2ccnc(C3CCN(CC45CNCC4C5)CC3)n2)c1. The topological polar surface area (TPSA) is 41.1 Å². The summed E-state index contributed by atoms with van der Waals surface area (Å²) in [4.78, 5) is 11.9. The molecule has 2 atom stereocenters. The highest BCUT2D eigenvalue weighted by Gasteiger charge is 2.57. The van der Waals surface area contributed by atoms with Crippen LogP contribution in [0.4, 0.5) is 4.39 Å². The maximum atomic E-state index is 13.5. The van der Waals surface area contributed by atoms with Crippen LogP contribution in [-0.2, 0) is 0 Å². The van der Waals surface area contributed by atoms with Crippen LogP contribution in [0.2, 0.25) is 0 Å². The second-order valence-corrected chi connectivity index (χ2v) is 8.26. The first-order valence-corrected chi connectivity index (χ1v) is 9.74. The molecule has 5 rings (SSSR count). The molecule has 136 valence electrons. The lowest BCUT2D eigenvalue weighted by Gasteiger charge is -2.33. The second-order valence-electron chi connectivity index (χ2n) is 8.26. The molecule has 1 N–H and O–H groups in total. The molecule has 0 spiro atoms. The van der Waals surface area contributed by atoms with Crippen LogP contribution in [0.3, 0.4) is 0 Å². The number of hydrogen-bond donors (Lipinski definition) is 1. The van der Waals surface area contributed by atoms with Crippen molar-refractivity contribution in [3.63, 3.8) is 0 Å². The van der Waals surface area contributed by atoms with Crippen molar-refractivity contribution in [2.45, 2.75) is 25.2 Å². The van der Waals surface area contributed by atoms with Gasteiger partial charge in [-0.2, -0.15) is 0 Å². The maximum Gasteiger partial charge on any atom is 0.132 e. The van der Waals surface area contributed by atoms with E-state index in [-0.39, 0.29) is 5.82 Å². The van der Waals surface area contributed by atoms with Crippen LogP contribution < -0.4 is 5.32 Å². The summed E-state index contributed by atoms with van der Waals surface area (Å²) in [5.74, 6) is 2.02. The average Bonchev–Trinajstić information content (AvgIpc) is 3.21. The summed E-state index contributed by atoms with van der Waals surface area (Å²) in [6.45, 7) is 5.94. The molecule has 2 saturated heterocycles. The number of hydrogen-bond acceptors (Lipinski definition) is 4. The van der Waals surface area contributed by atoms with Gasteiger partial charge in [0.2, 0.25) is 0 Å². The van der Waals surface area contributed by atoms with Crippen LogP contribution >= 0.6 is 0 Å². The fraction of sp³-hybridized carbons (Fsp3) is 0.524. The zero-order valence-corrected chi connectivity index (χ0v) is 15.0. The maximum absolute atomic E-state index is 13.5. The van der Waals surface area contributed by atoms with Gasteiger partial charge in [0.1, 0.15) is 11.6 Å². The first-order valence-electron chi connectivity index (χ1n) is 9.74. The van der Waals surface area contributed by atoms with Crippen LogP contribution in [0.5, 0.6) is 0 Å². The van der Waals surface area contributed by atoms with Crippen molar-refractivity contribution in [3.05, 3.63) is 48.2 Å². The van der Waals surface area contributed by atoms with Gasteiger partial charge in [-0.1, -0.05) is 12.1 Å². The lowest BCUT2D eigenvalue weighted by molar-refractivity contribution is 0.173. The Morgan fingerprint density at radius 1 is 1.23 bits per heavy atom. The average molecular weight is 352 g/mol. The van der Waals surface area contributed by atoms with Crippen LogP contribution in [0, 0.1) is 17.2 Å². The molecule has 3 aliphatic rings. The smallest absolute Gasteiger partial charge is 0.132 e. The summed E-state index contributed by atoms with van der Waals surface area (Å²) in [5.41, 5.74) is 2.22. The standard InChI is InChI=1S/C21H25FN4/c22-18-3-1-2-16(10-18)19-4-7-24-20(25-19)15-5-8-26(9-6-15)14-21-11-17(21)12-23-13-21/h1-4,7,10,15,17,23H,5-6,8-9,11-14H2. The van der Waals surface area contributed by atoms with Gasteiger partial charge in [-0.25, -0.2) is 14.4 Å². The molecule has 0 radical (unpaired) electrons. The van der Waals surface area contributed by atoms with Gasteiger partial charge >= 0.3 is 0 Å². The Hall–Kier alpha value is -1.85. The Balaban J connectivity index is 1.24. The van der Waals surface area contributed by atoms with Crippen molar-refractivity contribution in [2.24, 2.45) is 11.3 Å². The van der Waals surface area contributed by atoms with Crippen molar-refractivity contribution in [1.29, 1.82) is 0 Å². The van der Waals surface area contributed by atoms with Crippen molar-refractivity contribution < 1.29 is 4.39 Å². The van der Waals surface area contributed by atoms with Crippen molar-refractivity contribution >= 4 is 0 Å².